The predicted molar refractivity (Wildman–Crippen MR) is 50.9 cm³/mol. The van der Waals surface area contributed by atoms with Crippen LogP contribution in [0.4, 0.5) is 5.82 Å². The highest BCUT2D eigenvalue weighted by atomic mass is 15.3. The van der Waals surface area contributed by atoms with Gasteiger partial charge in [-0.3, -0.25) is 9.97 Å². The van der Waals surface area contributed by atoms with Gasteiger partial charge in [0.1, 0.15) is 11.4 Å². The fourth-order valence-corrected chi connectivity index (χ4v) is 0.977. The van der Waals surface area contributed by atoms with Crippen molar-refractivity contribution in [1.29, 1.82) is 0 Å². The van der Waals surface area contributed by atoms with Crippen molar-refractivity contribution in [1.82, 2.24) is 20.2 Å². The number of hydrazine groups is 1. The summed E-state index contributed by atoms with van der Waals surface area (Å²) in [6.45, 7) is 0. The molecule has 0 fully saturated rings. The number of rotatable bonds is 2. The number of nitrogens with two attached hydrogens (primary N) is 1. The van der Waals surface area contributed by atoms with Crippen molar-refractivity contribution in [2.75, 3.05) is 5.43 Å². The molecule has 0 aliphatic carbocycles. The summed E-state index contributed by atoms with van der Waals surface area (Å²) >= 11 is 0. The van der Waals surface area contributed by atoms with Gasteiger partial charge in [-0.05, 0) is 12.1 Å². The molecule has 6 nitrogen and oxygen atoms in total. The van der Waals surface area contributed by atoms with Gasteiger partial charge in [0.2, 0.25) is 0 Å². The Morgan fingerprint density at radius 1 is 1.07 bits per heavy atom. The molecule has 14 heavy (non-hydrogen) atoms. The first-order valence-electron chi connectivity index (χ1n) is 3.97. The molecule has 0 spiro atoms. The molecule has 2 aromatic rings. The summed E-state index contributed by atoms with van der Waals surface area (Å²) in [6, 6.07) is 3.49. The fraction of sp³-hybridized carbons (Fsp3) is 0. The molecule has 0 amide bonds. The minimum atomic E-state index is 0.512. The highest BCUT2D eigenvalue weighted by Gasteiger charge is 2.00. The molecule has 2 aromatic heterocycles. The summed E-state index contributed by atoms with van der Waals surface area (Å²) < 4.78 is 0. The van der Waals surface area contributed by atoms with Crippen molar-refractivity contribution in [3.63, 3.8) is 0 Å². The molecule has 0 saturated heterocycles. The van der Waals surface area contributed by atoms with E-state index in [0.717, 1.165) is 0 Å². The van der Waals surface area contributed by atoms with Crippen LogP contribution >= 0.6 is 0 Å². The molecule has 0 atom stereocenters. The number of nitrogen functional groups attached to an aromatic ring is 1. The lowest BCUT2D eigenvalue weighted by Gasteiger charge is -1.99. The Hall–Kier alpha value is -2.08. The van der Waals surface area contributed by atoms with E-state index in [1.165, 1.54) is 0 Å². The van der Waals surface area contributed by atoms with Gasteiger partial charge in [0.15, 0.2) is 5.82 Å². The van der Waals surface area contributed by atoms with Gasteiger partial charge in [-0.15, -0.1) is 10.2 Å². The lowest BCUT2D eigenvalue weighted by atomic mass is 10.3. The first-order chi connectivity index (χ1) is 6.90. The monoisotopic (exact) mass is 188 g/mol. The molecule has 0 radical (unpaired) electrons. The molecule has 3 N–H and O–H groups in total. The number of anilines is 1. The van der Waals surface area contributed by atoms with Gasteiger partial charge in [0.05, 0.1) is 6.20 Å². The van der Waals surface area contributed by atoms with Gasteiger partial charge in [0, 0.05) is 12.4 Å². The van der Waals surface area contributed by atoms with Crippen LogP contribution in [0.5, 0.6) is 0 Å². The Kier molecular flexibility index (Phi) is 2.28. The maximum atomic E-state index is 5.16. The maximum absolute atomic E-state index is 5.16. The van der Waals surface area contributed by atoms with Crippen LogP contribution in [0.25, 0.3) is 11.4 Å². The lowest BCUT2D eigenvalue weighted by Crippen LogP contribution is -2.09. The van der Waals surface area contributed by atoms with E-state index >= 15 is 0 Å². The summed E-state index contributed by atoms with van der Waals surface area (Å²) in [7, 11) is 0. The van der Waals surface area contributed by atoms with Crippen LogP contribution in [0.2, 0.25) is 0 Å². The molecule has 0 saturated carbocycles. The van der Waals surface area contributed by atoms with Gasteiger partial charge in [-0.1, -0.05) is 0 Å². The number of hydrogen-bond acceptors (Lipinski definition) is 6. The Morgan fingerprint density at radius 3 is 2.57 bits per heavy atom. The number of hydrogen-bond donors (Lipinski definition) is 2. The van der Waals surface area contributed by atoms with Crippen molar-refractivity contribution >= 4 is 5.82 Å². The van der Waals surface area contributed by atoms with Crippen molar-refractivity contribution in [2.24, 2.45) is 5.84 Å². The highest BCUT2D eigenvalue weighted by molar-refractivity contribution is 5.53. The maximum Gasteiger partial charge on any atom is 0.162 e. The molecule has 0 aliphatic rings. The second-order valence-electron chi connectivity index (χ2n) is 2.54. The topological polar surface area (TPSA) is 89.6 Å². The molecule has 6 heteroatoms. The lowest BCUT2D eigenvalue weighted by molar-refractivity contribution is 1.01. The Bertz CT molecular complexity index is 398. The summed E-state index contributed by atoms with van der Waals surface area (Å²) in [5.74, 6) is 5.67. The first kappa shape index (κ1) is 8.52. The van der Waals surface area contributed by atoms with Gasteiger partial charge >= 0.3 is 0 Å². The smallest absolute Gasteiger partial charge is 0.162 e. The quantitative estimate of drug-likeness (QED) is 0.517. The summed E-state index contributed by atoms with van der Waals surface area (Å²) in [6.07, 6.45) is 4.83. The van der Waals surface area contributed by atoms with E-state index in [9.17, 15) is 0 Å². The van der Waals surface area contributed by atoms with E-state index in [-0.39, 0.29) is 0 Å². The van der Waals surface area contributed by atoms with Crippen LogP contribution in [0.15, 0.2) is 30.7 Å². The molecule has 0 unspecified atom stereocenters. The number of nitrogens with one attached hydrogen (secondary N) is 1. The molecule has 0 bridgehead atoms. The normalized spacial score (nSPS) is 9.79. The van der Waals surface area contributed by atoms with Gasteiger partial charge in [0.25, 0.3) is 0 Å². The van der Waals surface area contributed by atoms with E-state index in [1.807, 2.05) is 0 Å². The second kappa shape index (κ2) is 3.75. The average molecular weight is 188 g/mol. The molecule has 0 aliphatic heterocycles. The summed E-state index contributed by atoms with van der Waals surface area (Å²) in [5, 5.41) is 7.74. The molecular weight excluding hydrogens is 180 g/mol. The predicted octanol–water partition coefficient (Wildman–Crippen LogP) is 0.219. The standard InChI is InChI=1S/C8H8N6/c9-12-8-2-1-6(13-14-8)7-5-10-3-4-11-7/h1-5H,9H2,(H,12,14). The highest BCUT2D eigenvalue weighted by Crippen LogP contribution is 2.11. The Balaban J connectivity index is 2.34. The zero-order valence-corrected chi connectivity index (χ0v) is 7.25. The van der Waals surface area contributed by atoms with Crippen molar-refractivity contribution in [2.45, 2.75) is 0 Å². The first-order valence-corrected chi connectivity index (χ1v) is 3.97. The third kappa shape index (κ3) is 1.64. The summed E-state index contributed by atoms with van der Waals surface area (Å²) in [4.78, 5) is 8.02. The SMILES string of the molecule is NNc1ccc(-c2cnccn2)nn1. The number of aromatic nitrogens is 4. The third-order valence-electron chi connectivity index (χ3n) is 1.64. The Labute approximate surface area is 80.2 Å². The van der Waals surface area contributed by atoms with Gasteiger partial charge in [-0.25, -0.2) is 5.84 Å². The van der Waals surface area contributed by atoms with E-state index in [1.54, 1.807) is 30.7 Å². The Morgan fingerprint density at radius 2 is 2.00 bits per heavy atom. The van der Waals surface area contributed by atoms with Crippen molar-refractivity contribution < 1.29 is 0 Å². The van der Waals surface area contributed by atoms with Crippen LogP contribution in [-0.2, 0) is 0 Å². The van der Waals surface area contributed by atoms with Crippen LogP contribution in [-0.4, -0.2) is 20.2 Å². The number of nitrogens with zero attached hydrogens (tertiary/aromatic N) is 4. The van der Waals surface area contributed by atoms with E-state index in [2.05, 4.69) is 25.6 Å². The molecule has 70 valence electrons. The minimum Gasteiger partial charge on any atom is -0.307 e. The third-order valence-corrected chi connectivity index (χ3v) is 1.64. The molecule has 2 heterocycles. The zero-order chi connectivity index (χ0) is 9.80. The molecular formula is C8H8N6. The second-order valence-corrected chi connectivity index (χ2v) is 2.54. The van der Waals surface area contributed by atoms with Crippen LogP contribution < -0.4 is 11.3 Å². The summed E-state index contributed by atoms with van der Waals surface area (Å²) in [5.41, 5.74) is 3.74. The van der Waals surface area contributed by atoms with Crippen LogP contribution in [0.3, 0.4) is 0 Å². The van der Waals surface area contributed by atoms with Crippen molar-refractivity contribution in [3.05, 3.63) is 30.7 Å². The zero-order valence-electron chi connectivity index (χ0n) is 7.25. The van der Waals surface area contributed by atoms with Crippen LogP contribution in [0.1, 0.15) is 0 Å². The van der Waals surface area contributed by atoms with E-state index in [0.29, 0.717) is 17.2 Å². The van der Waals surface area contributed by atoms with Gasteiger partial charge in [-0.2, -0.15) is 0 Å². The minimum absolute atomic E-state index is 0.512. The van der Waals surface area contributed by atoms with E-state index < -0.39 is 0 Å². The average Bonchev–Trinajstić information content (AvgIpc) is 2.30. The van der Waals surface area contributed by atoms with Gasteiger partial charge < -0.3 is 5.43 Å². The van der Waals surface area contributed by atoms with Crippen LogP contribution in [0, 0.1) is 0 Å². The molecule has 2 rings (SSSR count). The fourth-order valence-electron chi connectivity index (χ4n) is 0.977. The largest absolute Gasteiger partial charge is 0.307 e. The molecule has 0 aromatic carbocycles. The van der Waals surface area contributed by atoms with Crippen molar-refractivity contribution in [3.8, 4) is 11.4 Å². The van der Waals surface area contributed by atoms with E-state index in [4.69, 9.17) is 5.84 Å².